The van der Waals surface area contributed by atoms with E-state index in [1.807, 2.05) is 37.2 Å². The number of thiazole rings is 1. The van der Waals surface area contributed by atoms with Crippen molar-refractivity contribution in [2.24, 2.45) is 4.99 Å². The molecule has 23 heavy (non-hydrogen) atoms. The third-order valence-electron chi connectivity index (χ3n) is 3.57. The topological polar surface area (TPSA) is 40.5 Å². The zero-order valence-corrected chi connectivity index (χ0v) is 15.3. The zero-order chi connectivity index (χ0) is 16.7. The first-order valence-electron chi connectivity index (χ1n) is 8.05. The second-order valence-electron chi connectivity index (χ2n) is 5.66. The first-order valence-corrected chi connectivity index (χ1v) is 8.86. The van der Waals surface area contributed by atoms with Crippen molar-refractivity contribution in [3.8, 4) is 0 Å². The van der Waals surface area contributed by atoms with Gasteiger partial charge in [-0.3, -0.25) is 0 Å². The van der Waals surface area contributed by atoms with E-state index >= 15 is 0 Å². The summed E-state index contributed by atoms with van der Waals surface area (Å²) in [5.74, 6) is 0.915. The smallest absolute Gasteiger partial charge is 0.193 e. The van der Waals surface area contributed by atoms with Gasteiger partial charge in [0.05, 0.1) is 17.2 Å². The first kappa shape index (κ1) is 17.5. The van der Waals surface area contributed by atoms with Crippen LogP contribution in [-0.4, -0.2) is 36.5 Å². The molecule has 0 aliphatic carbocycles. The number of hydrogen-bond donors (Lipinski definition) is 1. The first-order chi connectivity index (χ1) is 11.1. The lowest BCUT2D eigenvalue weighted by Gasteiger charge is -2.17. The van der Waals surface area contributed by atoms with Crippen molar-refractivity contribution in [3.63, 3.8) is 0 Å². The zero-order valence-electron chi connectivity index (χ0n) is 14.5. The van der Waals surface area contributed by atoms with Crippen LogP contribution in [0.4, 0.5) is 0 Å². The highest BCUT2D eigenvalue weighted by atomic mass is 32.1. The molecule has 124 valence electrons. The van der Waals surface area contributed by atoms with Gasteiger partial charge in [0.15, 0.2) is 5.96 Å². The second kappa shape index (κ2) is 8.67. The Bertz CT molecular complexity index is 632. The maximum absolute atomic E-state index is 4.69. The molecule has 0 saturated carbocycles. The lowest BCUT2D eigenvalue weighted by molar-refractivity contribution is 0.579. The summed E-state index contributed by atoms with van der Waals surface area (Å²) >= 11 is 1.80. The predicted octanol–water partition coefficient (Wildman–Crippen LogP) is 3.26. The van der Waals surface area contributed by atoms with E-state index in [1.54, 1.807) is 11.3 Å². The average Bonchev–Trinajstić information content (AvgIpc) is 2.91. The molecule has 5 heteroatoms. The van der Waals surface area contributed by atoms with E-state index in [-0.39, 0.29) is 0 Å². The summed E-state index contributed by atoms with van der Waals surface area (Å²) < 4.78 is 0. The Hall–Kier alpha value is -1.88. The number of nitrogens with zero attached hydrogens (tertiary/aromatic N) is 3. The van der Waals surface area contributed by atoms with Crippen LogP contribution in [0.25, 0.3) is 0 Å². The molecule has 0 unspecified atom stereocenters. The molecule has 1 aromatic carbocycles. The van der Waals surface area contributed by atoms with Gasteiger partial charge in [-0.2, -0.15) is 0 Å². The molecule has 0 atom stereocenters. The van der Waals surface area contributed by atoms with Gasteiger partial charge in [-0.1, -0.05) is 37.3 Å². The fourth-order valence-electron chi connectivity index (χ4n) is 2.31. The molecule has 2 rings (SSSR count). The fourth-order valence-corrected chi connectivity index (χ4v) is 3.33. The Morgan fingerprint density at radius 3 is 2.61 bits per heavy atom. The van der Waals surface area contributed by atoms with Crippen LogP contribution in [0.1, 0.15) is 28.1 Å². The number of nitrogens with one attached hydrogen (secondary N) is 1. The number of aryl methyl sites for hydroxylation is 2. The summed E-state index contributed by atoms with van der Waals surface area (Å²) in [5.41, 5.74) is 2.45. The molecule has 0 spiro atoms. The van der Waals surface area contributed by atoms with Gasteiger partial charge in [0.2, 0.25) is 0 Å². The summed E-state index contributed by atoms with van der Waals surface area (Å²) in [7, 11) is 4.03. The van der Waals surface area contributed by atoms with Crippen molar-refractivity contribution >= 4 is 17.3 Å². The summed E-state index contributed by atoms with van der Waals surface area (Å²) in [4.78, 5) is 12.7. The normalized spacial score (nSPS) is 11.6. The van der Waals surface area contributed by atoms with E-state index in [4.69, 9.17) is 0 Å². The fraction of sp³-hybridized carbons (Fsp3) is 0.444. The minimum Gasteiger partial charge on any atom is -0.356 e. The molecule has 2 aromatic rings. The Kier molecular flexibility index (Phi) is 6.59. The summed E-state index contributed by atoms with van der Waals surface area (Å²) in [6.45, 7) is 5.85. The maximum atomic E-state index is 4.69. The molecule has 0 bridgehead atoms. The molecule has 4 nitrogen and oxygen atoms in total. The van der Waals surface area contributed by atoms with Crippen molar-refractivity contribution in [1.82, 2.24) is 15.2 Å². The van der Waals surface area contributed by atoms with Crippen LogP contribution in [-0.2, 0) is 19.4 Å². The Morgan fingerprint density at radius 2 is 2.00 bits per heavy atom. The lowest BCUT2D eigenvalue weighted by Crippen LogP contribution is -2.37. The molecule has 1 N–H and O–H groups in total. The molecule has 0 radical (unpaired) electrons. The number of aromatic nitrogens is 1. The Labute approximate surface area is 143 Å². The molecular weight excluding hydrogens is 304 g/mol. The number of hydrogen-bond acceptors (Lipinski definition) is 3. The summed E-state index contributed by atoms with van der Waals surface area (Å²) in [5, 5.41) is 4.63. The summed E-state index contributed by atoms with van der Waals surface area (Å²) in [6.07, 6.45) is 1.95. The minimum atomic E-state index is 0.692. The van der Waals surface area contributed by atoms with E-state index in [2.05, 4.69) is 41.3 Å². The molecule has 1 heterocycles. The van der Waals surface area contributed by atoms with Gasteiger partial charge in [-0.05, 0) is 18.9 Å². The molecule has 0 fully saturated rings. The van der Waals surface area contributed by atoms with Crippen molar-refractivity contribution in [3.05, 3.63) is 51.5 Å². The van der Waals surface area contributed by atoms with Gasteiger partial charge >= 0.3 is 0 Å². The molecule has 1 aromatic heterocycles. The van der Waals surface area contributed by atoms with Gasteiger partial charge < -0.3 is 10.2 Å². The molecule has 0 aliphatic heterocycles. The van der Waals surface area contributed by atoms with Crippen molar-refractivity contribution in [1.29, 1.82) is 0 Å². The predicted molar refractivity (Wildman–Crippen MR) is 99.2 cm³/mol. The monoisotopic (exact) mass is 330 g/mol. The van der Waals surface area contributed by atoms with Gasteiger partial charge in [-0.15, -0.1) is 11.3 Å². The largest absolute Gasteiger partial charge is 0.356 e. The average molecular weight is 331 g/mol. The van der Waals surface area contributed by atoms with E-state index in [0.29, 0.717) is 6.54 Å². The van der Waals surface area contributed by atoms with Gasteiger partial charge in [0, 0.05) is 31.9 Å². The Balaban J connectivity index is 1.89. The van der Waals surface area contributed by atoms with Crippen molar-refractivity contribution in [2.75, 3.05) is 20.6 Å². The van der Waals surface area contributed by atoms with Gasteiger partial charge in [0.1, 0.15) is 0 Å². The third-order valence-corrected chi connectivity index (χ3v) is 4.64. The molecule has 0 amide bonds. The van der Waals surface area contributed by atoms with Crippen LogP contribution in [0, 0.1) is 6.92 Å². The van der Waals surface area contributed by atoms with Crippen LogP contribution in [0.15, 0.2) is 35.3 Å². The second-order valence-corrected chi connectivity index (χ2v) is 6.95. The third kappa shape index (κ3) is 5.36. The van der Waals surface area contributed by atoms with Gasteiger partial charge in [0.25, 0.3) is 0 Å². The van der Waals surface area contributed by atoms with Crippen LogP contribution >= 0.6 is 11.3 Å². The van der Waals surface area contributed by atoms with E-state index in [0.717, 1.165) is 25.3 Å². The quantitative estimate of drug-likeness (QED) is 0.653. The number of guanidine groups is 1. The van der Waals surface area contributed by atoms with Crippen LogP contribution in [0.5, 0.6) is 0 Å². The number of aliphatic imine (C=N–C) groups is 1. The Morgan fingerprint density at radius 1 is 1.26 bits per heavy atom. The van der Waals surface area contributed by atoms with Crippen molar-refractivity contribution < 1.29 is 0 Å². The highest BCUT2D eigenvalue weighted by Gasteiger charge is 2.07. The maximum Gasteiger partial charge on any atom is 0.193 e. The van der Waals surface area contributed by atoms with Crippen molar-refractivity contribution in [2.45, 2.75) is 33.2 Å². The highest BCUT2D eigenvalue weighted by molar-refractivity contribution is 7.11. The number of rotatable bonds is 6. The molecule has 0 saturated heterocycles. The number of benzene rings is 1. The van der Waals surface area contributed by atoms with Crippen LogP contribution in [0.3, 0.4) is 0 Å². The van der Waals surface area contributed by atoms with E-state index < -0.39 is 0 Å². The molecule has 0 aliphatic rings. The summed E-state index contributed by atoms with van der Waals surface area (Å²) in [6, 6.07) is 10.3. The highest BCUT2D eigenvalue weighted by Crippen LogP contribution is 2.17. The standard InChI is InChI=1S/C18H26N4S/c1-5-16-14(2)23-17(21-16)11-12-19-18(22(3)4)20-13-15-9-7-6-8-10-15/h6-10H,5,11-13H2,1-4H3,(H,19,20). The minimum absolute atomic E-state index is 0.692. The van der Waals surface area contributed by atoms with Gasteiger partial charge in [-0.25, -0.2) is 9.98 Å². The van der Waals surface area contributed by atoms with E-state index in [1.165, 1.54) is 21.1 Å². The van der Waals surface area contributed by atoms with Crippen LogP contribution < -0.4 is 5.32 Å². The van der Waals surface area contributed by atoms with Crippen LogP contribution in [0.2, 0.25) is 0 Å². The SMILES string of the molecule is CCc1nc(CCNC(=NCc2ccccc2)N(C)C)sc1C. The van der Waals surface area contributed by atoms with E-state index in [9.17, 15) is 0 Å². The molecular formula is C18H26N4S. The lowest BCUT2D eigenvalue weighted by atomic mass is 10.2.